The summed E-state index contributed by atoms with van der Waals surface area (Å²) < 4.78 is 12.0. The Kier molecular flexibility index (Phi) is 6.33. The third-order valence-corrected chi connectivity index (χ3v) is 5.24. The topological polar surface area (TPSA) is 82.5 Å². The van der Waals surface area contributed by atoms with Crippen molar-refractivity contribution in [1.82, 2.24) is 9.78 Å². The van der Waals surface area contributed by atoms with Gasteiger partial charge in [0, 0.05) is 11.1 Å². The number of anilines is 1. The van der Waals surface area contributed by atoms with Gasteiger partial charge in [0.05, 0.1) is 12.7 Å². The van der Waals surface area contributed by atoms with Gasteiger partial charge in [-0.1, -0.05) is 26.0 Å². The maximum absolute atomic E-state index is 12.5. The minimum atomic E-state index is -0.493. The quantitative estimate of drug-likeness (QED) is 0.579. The Bertz CT molecular complexity index is 1010. The molecular formula is C21H23N3O4S. The first-order chi connectivity index (χ1) is 13.9. The number of methoxy groups -OCH3 is 1. The molecule has 1 N–H and O–H groups in total. The molecular weight excluding hydrogens is 390 g/mol. The molecule has 3 rings (SSSR count). The summed E-state index contributed by atoms with van der Waals surface area (Å²) in [4.78, 5) is 25.2. The molecule has 3 aromatic rings. The van der Waals surface area contributed by atoms with E-state index in [1.807, 2.05) is 31.2 Å². The lowest BCUT2D eigenvalue weighted by molar-refractivity contribution is 0.0602. The molecule has 0 saturated carbocycles. The van der Waals surface area contributed by atoms with Crippen molar-refractivity contribution in [3.8, 4) is 5.75 Å². The molecule has 0 aliphatic carbocycles. The zero-order valence-electron chi connectivity index (χ0n) is 16.8. The standard InChI is InChI=1S/C21H23N3O4S/c1-13(2)15-5-7-16(8-6-15)28-12-24-10-9-18(23-24)19(25)22-20-17(21(26)27-4)11-14(3)29-20/h5-11,13H,12H2,1-4H3,(H,22,25). The molecule has 0 unspecified atom stereocenters. The Labute approximate surface area is 173 Å². The number of hydrogen-bond donors (Lipinski definition) is 1. The summed E-state index contributed by atoms with van der Waals surface area (Å²) in [6.07, 6.45) is 1.66. The van der Waals surface area contributed by atoms with Crippen molar-refractivity contribution in [3.63, 3.8) is 0 Å². The van der Waals surface area contributed by atoms with E-state index in [1.165, 1.54) is 28.7 Å². The number of carbonyl (C=O) groups excluding carboxylic acids is 2. The smallest absolute Gasteiger partial charge is 0.340 e. The fourth-order valence-electron chi connectivity index (χ4n) is 2.68. The summed E-state index contributed by atoms with van der Waals surface area (Å²) in [6, 6.07) is 11.2. The number of amides is 1. The van der Waals surface area contributed by atoms with Gasteiger partial charge in [-0.3, -0.25) is 4.79 Å². The van der Waals surface area contributed by atoms with E-state index in [2.05, 4.69) is 24.3 Å². The highest BCUT2D eigenvalue weighted by molar-refractivity contribution is 7.16. The number of aryl methyl sites for hydroxylation is 1. The van der Waals surface area contributed by atoms with Crippen molar-refractivity contribution in [2.45, 2.75) is 33.4 Å². The van der Waals surface area contributed by atoms with Crippen LogP contribution in [0, 0.1) is 6.92 Å². The molecule has 2 aromatic heterocycles. The van der Waals surface area contributed by atoms with E-state index in [-0.39, 0.29) is 12.4 Å². The lowest BCUT2D eigenvalue weighted by Crippen LogP contribution is -2.15. The van der Waals surface area contributed by atoms with Crippen LogP contribution < -0.4 is 10.1 Å². The van der Waals surface area contributed by atoms with Crippen LogP contribution >= 0.6 is 11.3 Å². The number of hydrogen-bond acceptors (Lipinski definition) is 6. The lowest BCUT2D eigenvalue weighted by Gasteiger charge is -2.09. The summed E-state index contributed by atoms with van der Waals surface area (Å²) in [5, 5.41) is 7.41. The fraction of sp³-hybridized carbons (Fsp3) is 0.286. The van der Waals surface area contributed by atoms with Crippen LogP contribution in [0.15, 0.2) is 42.6 Å². The molecule has 0 radical (unpaired) electrons. The average Bonchev–Trinajstić information content (AvgIpc) is 3.32. The Morgan fingerprint density at radius 1 is 1.21 bits per heavy atom. The van der Waals surface area contributed by atoms with E-state index in [1.54, 1.807) is 18.3 Å². The van der Waals surface area contributed by atoms with E-state index in [9.17, 15) is 9.59 Å². The van der Waals surface area contributed by atoms with Crippen LogP contribution in [-0.4, -0.2) is 28.8 Å². The second-order valence-electron chi connectivity index (χ2n) is 6.78. The zero-order valence-corrected chi connectivity index (χ0v) is 17.6. The molecule has 0 spiro atoms. The first kappa shape index (κ1) is 20.6. The molecule has 29 heavy (non-hydrogen) atoms. The van der Waals surface area contributed by atoms with Crippen LogP contribution in [-0.2, 0) is 11.5 Å². The molecule has 7 nitrogen and oxygen atoms in total. The molecule has 0 bridgehead atoms. The minimum absolute atomic E-state index is 0.180. The third kappa shape index (κ3) is 5.03. The largest absolute Gasteiger partial charge is 0.471 e. The second kappa shape index (κ2) is 8.91. The van der Waals surface area contributed by atoms with Crippen LogP contribution in [0.3, 0.4) is 0 Å². The summed E-state index contributed by atoms with van der Waals surface area (Å²) in [6.45, 7) is 6.31. The highest BCUT2D eigenvalue weighted by atomic mass is 32.1. The van der Waals surface area contributed by atoms with Crippen molar-refractivity contribution >= 4 is 28.2 Å². The van der Waals surface area contributed by atoms with Crippen molar-refractivity contribution in [2.75, 3.05) is 12.4 Å². The van der Waals surface area contributed by atoms with Crippen molar-refractivity contribution in [3.05, 3.63) is 64.3 Å². The van der Waals surface area contributed by atoms with Gasteiger partial charge in [-0.05, 0) is 42.7 Å². The SMILES string of the molecule is COC(=O)c1cc(C)sc1NC(=O)c1ccn(COc2ccc(C(C)C)cc2)n1. The predicted molar refractivity (Wildman–Crippen MR) is 112 cm³/mol. The maximum atomic E-state index is 12.5. The summed E-state index contributed by atoms with van der Waals surface area (Å²) >= 11 is 1.31. The first-order valence-electron chi connectivity index (χ1n) is 9.13. The van der Waals surface area contributed by atoms with Crippen LogP contribution in [0.1, 0.15) is 51.1 Å². The van der Waals surface area contributed by atoms with E-state index >= 15 is 0 Å². The van der Waals surface area contributed by atoms with E-state index in [0.717, 1.165) is 10.6 Å². The highest BCUT2D eigenvalue weighted by Gasteiger charge is 2.19. The number of esters is 1. The van der Waals surface area contributed by atoms with E-state index < -0.39 is 11.9 Å². The molecule has 2 heterocycles. The van der Waals surface area contributed by atoms with E-state index in [0.29, 0.717) is 16.5 Å². The Hall–Kier alpha value is -3.13. The molecule has 0 saturated heterocycles. The number of aromatic nitrogens is 2. The Morgan fingerprint density at radius 3 is 2.59 bits per heavy atom. The molecule has 0 fully saturated rings. The fourth-order valence-corrected chi connectivity index (χ4v) is 3.57. The predicted octanol–water partition coefficient (Wildman–Crippen LogP) is 4.45. The van der Waals surface area contributed by atoms with Gasteiger partial charge < -0.3 is 14.8 Å². The van der Waals surface area contributed by atoms with Crippen LogP contribution in [0.5, 0.6) is 5.75 Å². The Balaban J connectivity index is 1.62. The van der Waals surface area contributed by atoms with Gasteiger partial charge in [-0.25, -0.2) is 9.48 Å². The number of nitrogens with one attached hydrogen (secondary N) is 1. The van der Waals surface area contributed by atoms with Gasteiger partial charge in [0.2, 0.25) is 0 Å². The number of benzene rings is 1. The van der Waals surface area contributed by atoms with Crippen molar-refractivity contribution < 1.29 is 19.1 Å². The average molecular weight is 413 g/mol. The molecule has 152 valence electrons. The van der Waals surface area contributed by atoms with Gasteiger partial charge >= 0.3 is 5.97 Å². The van der Waals surface area contributed by atoms with Crippen molar-refractivity contribution in [1.29, 1.82) is 0 Å². The normalized spacial score (nSPS) is 10.8. The van der Waals surface area contributed by atoms with Gasteiger partial charge in [0.25, 0.3) is 5.91 Å². The number of carbonyl (C=O) groups is 2. The number of thiophene rings is 1. The molecule has 1 amide bonds. The van der Waals surface area contributed by atoms with Gasteiger partial charge in [-0.2, -0.15) is 5.10 Å². The first-order valence-corrected chi connectivity index (χ1v) is 9.95. The maximum Gasteiger partial charge on any atom is 0.340 e. The monoisotopic (exact) mass is 413 g/mol. The molecule has 1 aromatic carbocycles. The molecule has 0 aliphatic heterocycles. The second-order valence-corrected chi connectivity index (χ2v) is 8.04. The number of ether oxygens (including phenoxy) is 2. The lowest BCUT2D eigenvalue weighted by atomic mass is 10.0. The summed E-state index contributed by atoms with van der Waals surface area (Å²) in [5.41, 5.74) is 1.80. The minimum Gasteiger partial charge on any atom is -0.471 e. The van der Waals surface area contributed by atoms with Crippen LogP contribution in [0.2, 0.25) is 0 Å². The third-order valence-electron chi connectivity index (χ3n) is 4.27. The molecule has 0 aliphatic rings. The number of rotatable bonds is 7. The summed E-state index contributed by atoms with van der Waals surface area (Å²) in [5.74, 6) is 0.292. The van der Waals surface area contributed by atoms with E-state index in [4.69, 9.17) is 9.47 Å². The molecule has 0 atom stereocenters. The highest BCUT2D eigenvalue weighted by Crippen LogP contribution is 2.28. The summed E-state index contributed by atoms with van der Waals surface area (Å²) in [7, 11) is 1.30. The molecule has 8 heteroatoms. The van der Waals surface area contributed by atoms with Crippen LogP contribution in [0.25, 0.3) is 0 Å². The zero-order chi connectivity index (χ0) is 21.0. The van der Waals surface area contributed by atoms with Crippen LogP contribution in [0.4, 0.5) is 5.00 Å². The van der Waals surface area contributed by atoms with Gasteiger partial charge in [0.1, 0.15) is 10.8 Å². The van der Waals surface area contributed by atoms with Gasteiger partial charge in [0.15, 0.2) is 12.4 Å². The van der Waals surface area contributed by atoms with Crippen molar-refractivity contribution in [2.24, 2.45) is 0 Å². The van der Waals surface area contributed by atoms with Gasteiger partial charge in [-0.15, -0.1) is 11.3 Å². The Morgan fingerprint density at radius 2 is 1.93 bits per heavy atom. The number of nitrogens with zero attached hydrogens (tertiary/aromatic N) is 2.